The molecule has 236 valence electrons. The SMILES string of the molecule is CNC(=O)OCC(NC(=O)N[C@H](C(=O)N1CC2C[C@@H]2C1C(=O)NC(CC1CCC1)C(=O)C(N)=O)C(C)(C)C)C(C)(C)C. The summed E-state index contributed by atoms with van der Waals surface area (Å²) in [4.78, 5) is 78.1. The molecule has 13 heteroatoms. The van der Waals surface area contributed by atoms with E-state index in [2.05, 4.69) is 21.3 Å². The van der Waals surface area contributed by atoms with Crippen LogP contribution in [0.3, 0.4) is 0 Å². The Morgan fingerprint density at radius 3 is 2.10 bits per heavy atom. The van der Waals surface area contributed by atoms with Crippen molar-refractivity contribution in [3.63, 3.8) is 0 Å². The lowest BCUT2D eigenvalue weighted by molar-refractivity contribution is -0.144. The number of ketones is 1. The van der Waals surface area contributed by atoms with Crippen molar-refractivity contribution in [2.75, 3.05) is 20.2 Å². The van der Waals surface area contributed by atoms with Crippen LogP contribution in [-0.4, -0.2) is 84.9 Å². The van der Waals surface area contributed by atoms with Gasteiger partial charge in [-0.25, -0.2) is 9.59 Å². The number of nitrogens with one attached hydrogen (secondary N) is 4. The Kier molecular flexibility index (Phi) is 10.1. The lowest BCUT2D eigenvalue weighted by atomic mass is 9.80. The van der Waals surface area contributed by atoms with Gasteiger partial charge in [0.1, 0.15) is 18.7 Å². The van der Waals surface area contributed by atoms with Crippen LogP contribution < -0.4 is 27.0 Å². The zero-order valence-corrected chi connectivity index (χ0v) is 25.9. The minimum absolute atomic E-state index is 0.0523. The van der Waals surface area contributed by atoms with Crippen molar-refractivity contribution in [1.29, 1.82) is 0 Å². The number of amides is 6. The number of ether oxygens (including phenoxy) is 1. The summed E-state index contributed by atoms with van der Waals surface area (Å²) in [6, 6.07) is -3.99. The van der Waals surface area contributed by atoms with Crippen LogP contribution in [0.5, 0.6) is 0 Å². The summed E-state index contributed by atoms with van der Waals surface area (Å²) in [5.74, 6) is -2.48. The number of primary amides is 1. The summed E-state index contributed by atoms with van der Waals surface area (Å²) >= 11 is 0. The number of hydrogen-bond donors (Lipinski definition) is 5. The molecule has 1 heterocycles. The first-order valence-electron chi connectivity index (χ1n) is 14.8. The van der Waals surface area contributed by atoms with E-state index >= 15 is 0 Å². The highest BCUT2D eigenvalue weighted by atomic mass is 16.5. The maximum atomic E-state index is 14.0. The highest BCUT2D eigenvalue weighted by molar-refractivity contribution is 6.37. The summed E-state index contributed by atoms with van der Waals surface area (Å²) in [7, 11) is 1.44. The van der Waals surface area contributed by atoms with E-state index in [1.54, 1.807) is 0 Å². The Bertz CT molecular complexity index is 1080. The molecule has 6 atom stereocenters. The Morgan fingerprint density at radius 2 is 1.60 bits per heavy atom. The van der Waals surface area contributed by atoms with E-state index < -0.39 is 70.6 Å². The number of hydrogen-bond acceptors (Lipinski definition) is 7. The van der Waals surface area contributed by atoms with Gasteiger partial charge in [0.2, 0.25) is 17.6 Å². The van der Waals surface area contributed by atoms with Gasteiger partial charge in [0.25, 0.3) is 5.91 Å². The van der Waals surface area contributed by atoms with Crippen molar-refractivity contribution in [3.8, 4) is 0 Å². The van der Waals surface area contributed by atoms with Crippen molar-refractivity contribution in [3.05, 3.63) is 0 Å². The number of Topliss-reactive ketones (excluding diaryl/α,β-unsaturated/α-hetero) is 1. The smallest absolute Gasteiger partial charge is 0.406 e. The van der Waals surface area contributed by atoms with Crippen LogP contribution in [0.15, 0.2) is 0 Å². The topological polar surface area (TPSA) is 189 Å². The van der Waals surface area contributed by atoms with Crippen LogP contribution in [-0.2, 0) is 23.9 Å². The molecule has 0 spiro atoms. The third-order valence-electron chi connectivity index (χ3n) is 8.70. The molecule has 0 aromatic heterocycles. The first kappa shape index (κ1) is 33.1. The van der Waals surface area contributed by atoms with Crippen molar-refractivity contribution < 1.29 is 33.5 Å². The summed E-state index contributed by atoms with van der Waals surface area (Å²) in [6.45, 7) is 11.4. The molecule has 0 aromatic carbocycles. The van der Waals surface area contributed by atoms with E-state index in [9.17, 15) is 28.8 Å². The summed E-state index contributed by atoms with van der Waals surface area (Å²) in [5.41, 5.74) is 4.09. The molecule has 0 bridgehead atoms. The highest BCUT2D eigenvalue weighted by Crippen LogP contribution is 2.50. The number of urea groups is 1. The molecule has 0 radical (unpaired) electrons. The molecule has 13 nitrogen and oxygen atoms in total. The van der Waals surface area contributed by atoms with Gasteiger partial charge >= 0.3 is 12.1 Å². The quantitative estimate of drug-likeness (QED) is 0.222. The van der Waals surface area contributed by atoms with Gasteiger partial charge in [-0.15, -0.1) is 0 Å². The molecule has 2 aliphatic carbocycles. The van der Waals surface area contributed by atoms with Gasteiger partial charge in [-0.3, -0.25) is 19.2 Å². The van der Waals surface area contributed by atoms with Crippen LogP contribution in [0, 0.1) is 28.6 Å². The highest BCUT2D eigenvalue weighted by Gasteiger charge is 2.58. The van der Waals surface area contributed by atoms with Gasteiger partial charge in [0.05, 0.1) is 12.1 Å². The molecule has 0 aromatic rings. The molecule has 1 aliphatic heterocycles. The fourth-order valence-corrected chi connectivity index (χ4v) is 5.64. The predicted octanol–water partition coefficient (Wildman–Crippen LogP) is 1.05. The second kappa shape index (κ2) is 12.9. The van der Waals surface area contributed by atoms with Crippen LogP contribution in [0.2, 0.25) is 0 Å². The molecular weight excluding hydrogens is 544 g/mol. The molecule has 6 N–H and O–H groups in total. The number of carbonyl (C=O) groups is 6. The number of carbonyl (C=O) groups excluding carboxylic acids is 6. The number of nitrogens with two attached hydrogens (primary N) is 1. The van der Waals surface area contributed by atoms with E-state index in [4.69, 9.17) is 10.5 Å². The molecule has 3 fully saturated rings. The fourth-order valence-electron chi connectivity index (χ4n) is 5.64. The number of nitrogens with zero attached hydrogens (tertiary/aromatic N) is 1. The molecule has 42 heavy (non-hydrogen) atoms. The predicted molar refractivity (Wildman–Crippen MR) is 154 cm³/mol. The second-order valence-corrected chi connectivity index (χ2v) is 14.1. The zero-order chi connectivity index (χ0) is 31.6. The van der Waals surface area contributed by atoms with Gasteiger partial charge in [-0.05, 0) is 41.4 Å². The van der Waals surface area contributed by atoms with Gasteiger partial charge in [-0.1, -0.05) is 60.8 Å². The van der Waals surface area contributed by atoms with Crippen LogP contribution in [0.25, 0.3) is 0 Å². The molecule has 3 rings (SSSR count). The first-order chi connectivity index (χ1) is 19.4. The molecule has 3 aliphatic rings. The van der Waals surface area contributed by atoms with Crippen molar-refractivity contribution in [2.24, 2.45) is 34.3 Å². The normalized spacial score (nSPS) is 23.8. The van der Waals surface area contributed by atoms with E-state index in [0.29, 0.717) is 13.0 Å². The van der Waals surface area contributed by atoms with Crippen LogP contribution >= 0.6 is 0 Å². The number of rotatable bonds is 11. The average Bonchev–Trinajstić information content (AvgIpc) is 3.52. The van der Waals surface area contributed by atoms with E-state index in [-0.39, 0.29) is 24.4 Å². The molecule has 6 amide bonds. The monoisotopic (exact) mass is 592 g/mol. The minimum Gasteiger partial charge on any atom is -0.447 e. The van der Waals surface area contributed by atoms with E-state index in [1.807, 2.05) is 41.5 Å². The largest absolute Gasteiger partial charge is 0.447 e. The Balaban J connectivity index is 1.74. The lowest BCUT2D eigenvalue weighted by Crippen LogP contribution is -2.62. The molecule has 2 saturated carbocycles. The van der Waals surface area contributed by atoms with Gasteiger partial charge in [0, 0.05) is 13.6 Å². The average molecular weight is 593 g/mol. The lowest BCUT2D eigenvalue weighted by Gasteiger charge is -2.38. The summed E-state index contributed by atoms with van der Waals surface area (Å²) in [5, 5.41) is 10.7. The number of likely N-dealkylation sites (tertiary alicyclic amines) is 1. The Hall–Kier alpha value is -3.38. The zero-order valence-electron chi connectivity index (χ0n) is 25.9. The van der Waals surface area contributed by atoms with Crippen molar-refractivity contribution in [1.82, 2.24) is 26.2 Å². The van der Waals surface area contributed by atoms with Gasteiger partial charge in [0.15, 0.2) is 0 Å². The molecule has 4 unspecified atom stereocenters. The molecule has 1 saturated heterocycles. The first-order valence-corrected chi connectivity index (χ1v) is 14.8. The Labute approximate surface area is 247 Å². The number of piperidine rings is 1. The Morgan fingerprint density at radius 1 is 0.952 bits per heavy atom. The third kappa shape index (κ3) is 8.13. The van der Waals surface area contributed by atoms with Crippen molar-refractivity contribution >= 4 is 35.6 Å². The third-order valence-corrected chi connectivity index (χ3v) is 8.70. The second-order valence-electron chi connectivity index (χ2n) is 14.1. The number of alkyl carbamates (subject to hydrolysis) is 1. The van der Waals surface area contributed by atoms with Gasteiger partial charge < -0.3 is 36.6 Å². The summed E-state index contributed by atoms with van der Waals surface area (Å²) < 4.78 is 5.17. The van der Waals surface area contributed by atoms with Crippen molar-refractivity contribution in [2.45, 2.75) is 97.8 Å². The minimum atomic E-state index is -1.10. The summed E-state index contributed by atoms with van der Waals surface area (Å²) in [6.07, 6.45) is 3.38. The van der Waals surface area contributed by atoms with E-state index in [0.717, 1.165) is 25.7 Å². The number of fused-ring (bicyclic) bond motifs is 1. The van der Waals surface area contributed by atoms with E-state index in [1.165, 1.54) is 11.9 Å². The maximum absolute atomic E-state index is 14.0. The van der Waals surface area contributed by atoms with Crippen LogP contribution in [0.1, 0.15) is 73.6 Å². The maximum Gasteiger partial charge on any atom is 0.406 e. The van der Waals surface area contributed by atoms with Gasteiger partial charge in [-0.2, -0.15) is 0 Å². The van der Waals surface area contributed by atoms with Crippen LogP contribution in [0.4, 0.5) is 9.59 Å². The fraction of sp³-hybridized carbons (Fsp3) is 0.793. The molecular formula is C29H48N6O7. The standard InChI is InChI=1S/C29H48N6O7/c1-28(2,3)19(14-42-27(41)31-7)33-26(40)34-22(29(4,5)6)25(39)35-13-16-12-17(16)20(35)24(38)32-18(21(36)23(30)37)11-15-9-8-10-15/h15-20,22H,8-14H2,1-7H3,(H2,30,37)(H,31,41)(H,32,38)(H2,33,34,40)/t16?,17-,18?,19?,20?,22+/m0/s1.